The van der Waals surface area contributed by atoms with Crippen LogP contribution in [0, 0.1) is 0 Å². The molecule has 0 aliphatic carbocycles. The van der Waals surface area contributed by atoms with Gasteiger partial charge in [-0.1, -0.05) is 30.3 Å². The number of rotatable bonds is 5. The van der Waals surface area contributed by atoms with Crippen LogP contribution in [0.25, 0.3) is 0 Å². The first kappa shape index (κ1) is 20.0. The summed E-state index contributed by atoms with van der Waals surface area (Å²) >= 11 is 0. The fraction of sp³-hybridized carbons (Fsp3) is 0.500. The Balaban J connectivity index is 2.32. The number of benzene rings is 1. The minimum absolute atomic E-state index is 0.0870. The summed E-state index contributed by atoms with van der Waals surface area (Å²) in [5.41, 5.74) is -0.255. The van der Waals surface area contributed by atoms with Gasteiger partial charge in [-0.05, 0) is 40.2 Å². The summed E-state index contributed by atoms with van der Waals surface area (Å²) in [5, 5.41) is 15.1. The van der Waals surface area contributed by atoms with E-state index in [0.717, 1.165) is 5.56 Å². The maximum atomic E-state index is 12.9. The van der Waals surface area contributed by atoms with E-state index in [1.807, 2.05) is 58.0 Å². The summed E-state index contributed by atoms with van der Waals surface area (Å²) in [6.07, 6.45) is 2.90. The molecule has 0 aliphatic rings. The zero-order chi connectivity index (χ0) is 19.5. The van der Waals surface area contributed by atoms with Gasteiger partial charge in [0, 0.05) is 18.8 Å². The summed E-state index contributed by atoms with van der Waals surface area (Å²) in [4.78, 5) is 14.4. The van der Waals surface area contributed by atoms with Crippen molar-refractivity contribution in [3.8, 4) is 0 Å². The molecule has 0 fully saturated rings. The van der Waals surface area contributed by atoms with Crippen LogP contribution in [0.15, 0.2) is 42.7 Å². The monoisotopic (exact) mass is 359 g/mol. The lowest BCUT2D eigenvalue weighted by Gasteiger charge is -2.36. The zero-order valence-corrected chi connectivity index (χ0v) is 16.4. The highest BCUT2D eigenvalue weighted by atomic mass is 16.6. The lowest BCUT2D eigenvalue weighted by atomic mass is 9.97. The molecule has 0 saturated heterocycles. The number of aromatic nitrogens is 2. The van der Waals surface area contributed by atoms with Crippen LogP contribution in [0.3, 0.4) is 0 Å². The van der Waals surface area contributed by atoms with Gasteiger partial charge in [0.2, 0.25) is 0 Å². The van der Waals surface area contributed by atoms with Crippen molar-refractivity contribution in [3.05, 3.63) is 53.9 Å². The van der Waals surface area contributed by atoms with E-state index in [1.165, 1.54) is 0 Å². The third-order valence-corrected chi connectivity index (χ3v) is 4.18. The molecular formula is C20H29N3O3. The second kappa shape index (κ2) is 7.50. The average molecular weight is 359 g/mol. The summed E-state index contributed by atoms with van der Waals surface area (Å²) in [6.45, 7) is 9.18. The van der Waals surface area contributed by atoms with E-state index < -0.39 is 17.3 Å². The van der Waals surface area contributed by atoms with Crippen molar-refractivity contribution >= 4 is 6.09 Å². The number of carbonyl (C=O) groups is 1. The topological polar surface area (TPSA) is 67.6 Å². The third kappa shape index (κ3) is 5.08. The normalized spacial score (nSPS) is 15.2. The smallest absolute Gasteiger partial charge is 0.410 e. The van der Waals surface area contributed by atoms with E-state index in [4.69, 9.17) is 4.74 Å². The Hall–Kier alpha value is -2.34. The second-order valence-electron chi connectivity index (χ2n) is 7.87. The Labute approximate surface area is 155 Å². The maximum absolute atomic E-state index is 12.9. The van der Waals surface area contributed by atoms with Crippen LogP contribution in [0.2, 0.25) is 0 Å². The molecule has 0 spiro atoms. The van der Waals surface area contributed by atoms with Gasteiger partial charge in [-0.3, -0.25) is 9.58 Å². The minimum atomic E-state index is -1.26. The van der Waals surface area contributed by atoms with Gasteiger partial charge in [-0.15, -0.1) is 0 Å². The fourth-order valence-corrected chi connectivity index (χ4v) is 2.71. The maximum Gasteiger partial charge on any atom is 0.410 e. The molecule has 0 aliphatic heterocycles. The highest BCUT2D eigenvalue weighted by Crippen LogP contribution is 2.28. The number of nitrogens with zero attached hydrogens (tertiary/aromatic N) is 3. The van der Waals surface area contributed by atoms with E-state index in [1.54, 1.807) is 35.9 Å². The summed E-state index contributed by atoms with van der Waals surface area (Å²) < 4.78 is 7.21. The van der Waals surface area contributed by atoms with Crippen LogP contribution >= 0.6 is 0 Å². The molecule has 6 heteroatoms. The molecule has 26 heavy (non-hydrogen) atoms. The van der Waals surface area contributed by atoms with Crippen molar-refractivity contribution in [1.29, 1.82) is 0 Å². The van der Waals surface area contributed by atoms with Gasteiger partial charge in [-0.25, -0.2) is 4.79 Å². The molecule has 2 aromatic rings. The van der Waals surface area contributed by atoms with E-state index in [2.05, 4.69) is 5.10 Å². The number of amides is 1. The zero-order valence-electron chi connectivity index (χ0n) is 16.4. The molecule has 1 aromatic heterocycles. The molecular weight excluding hydrogens is 330 g/mol. The Morgan fingerprint density at radius 1 is 1.27 bits per heavy atom. The first-order valence-corrected chi connectivity index (χ1v) is 8.76. The van der Waals surface area contributed by atoms with Gasteiger partial charge in [0.05, 0.1) is 18.8 Å². The Morgan fingerprint density at radius 3 is 2.38 bits per heavy atom. The molecule has 142 valence electrons. The van der Waals surface area contributed by atoms with E-state index >= 15 is 0 Å². The van der Waals surface area contributed by atoms with Crippen molar-refractivity contribution in [1.82, 2.24) is 14.7 Å². The Morgan fingerprint density at radius 2 is 1.88 bits per heavy atom. The minimum Gasteiger partial charge on any atom is -0.444 e. The summed E-state index contributed by atoms with van der Waals surface area (Å²) in [5.74, 6) is 0. The molecule has 0 saturated carbocycles. The van der Waals surface area contributed by atoms with Crippen molar-refractivity contribution in [2.75, 3.05) is 6.54 Å². The van der Waals surface area contributed by atoms with Gasteiger partial charge >= 0.3 is 6.09 Å². The van der Waals surface area contributed by atoms with Crippen molar-refractivity contribution in [2.24, 2.45) is 7.05 Å². The number of carbonyl (C=O) groups excluding carboxylic acids is 1. The van der Waals surface area contributed by atoms with E-state index in [-0.39, 0.29) is 12.6 Å². The second-order valence-corrected chi connectivity index (χ2v) is 7.87. The standard InChI is InChI=1S/C20H29N3O3/c1-15(16-10-8-7-9-11-16)23(18(24)26-19(2,3)4)14-20(5,25)17-12-21-22(6)13-17/h7-13,15,25H,14H2,1-6H3. The highest BCUT2D eigenvalue weighted by molar-refractivity contribution is 5.69. The van der Waals surface area contributed by atoms with Gasteiger partial charge in [-0.2, -0.15) is 5.10 Å². The molecule has 1 aromatic carbocycles. The first-order chi connectivity index (χ1) is 12.0. The van der Waals surface area contributed by atoms with Gasteiger partial charge in [0.1, 0.15) is 11.2 Å². The average Bonchev–Trinajstić information content (AvgIpc) is 2.98. The largest absolute Gasteiger partial charge is 0.444 e. The predicted molar refractivity (Wildman–Crippen MR) is 101 cm³/mol. The van der Waals surface area contributed by atoms with E-state index in [9.17, 15) is 9.90 Å². The molecule has 2 unspecified atom stereocenters. The molecule has 1 N–H and O–H groups in total. The molecule has 1 amide bonds. The van der Waals surface area contributed by atoms with Crippen LogP contribution in [0.5, 0.6) is 0 Å². The van der Waals surface area contributed by atoms with E-state index in [0.29, 0.717) is 5.56 Å². The Kier molecular flexibility index (Phi) is 5.76. The third-order valence-electron chi connectivity index (χ3n) is 4.18. The lowest BCUT2D eigenvalue weighted by molar-refractivity contribution is -0.0223. The fourth-order valence-electron chi connectivity index (χ4n) is 2.71. The number of ether oxygens (including phenoxy) is 1. The van der Waals surface area contributed by atoms with Gasteiger partial charge < -0.3 is 9.84 Å². The Bertz CT molecular complexity index is 732. The highest BCUT2D eigenvalue weighted by Gasteiger charge is 2.35. The van der Waals surface area contributed by atoms with Crippen LogP contribution in [0.4, 0.5) is 4.79 Å². The van der Waals surface area contributed by atoms with Gasteiger partial charge in [0.25, 0.3) is 0 Å². The summed E-state index contributed by atoms with van der Waals surface area (Å²) in [6, 6.07) is 9.45. The van der Waals surface area contributed by atoms with Crippen LogP contribution in [-0.4, -0.2) is 38.0 Å². The first-order valence-electron chi connectivity index (χ1n) is 8.76. The molecule has 2 atom stereocenters. The SMILES string of the molecule is CC(c1ccccc1)N(CC(C)(O)c1cnn(C)c1)C(=O)OC(C)(C)C. The van der Waals surface area contributed by atoms with Crippen LogP contribution < -0.4 is 0 Å². The predicted octanol–water partition coefficient (Wildman–Crippen LogP) is 3.63. The van der Waals surface area contributed by atoms with Crippen molar-refractivity contribution in [2.45, 2.75) is 51.9 Å². The van der Waals surface area contributed by atoms with Crippen LogP contribution in [0.1, 0.15) is 51.8 Å². The molecule has 2 rings (SSSR count). The quantitative estimate of drug-likeness (QED) is 0.885. The molecule has 0 radical (unpaired) electrons. The molecule has 0 bridgehead atoms. The number of hydrogen-bond acceptors (Lipinski definition) is 4. The number of aryl methyl sites for hydroxylation is 1. The van der Waals surface area contributed by atoms with Crippen LogP contribution in [-0.2, 0) is 17.4 Å². The molecule has 1 heterocycles. The van der Waals surface area contributed by atoms with Crippen molar-refractivity contribution in [3.63, 3.8) is 0 Å². The molecule has 6 nitrogen and oxygen atoms in total. The van der Waals surface area contributed by atoms with Gasteiger partial charge in [0.15, 0.2) is 0 Å². The number of aliphatic hydroxyl groups is 1. The summed E-state index contributed by atoms with van der Waals surface area (Å²) in [7, 11) is 1.79. The lowest BCUT2D eigenvalue weighted by Crippen LogP contribution is -2.45. The van der Waals surface area contributed by atoms with Crippen molar-refractivity contribution < 1.29 is 14.6 Å². The number of hydrogen-bond donors (Lipinski definition) is 1.